The minimum absolute atomic E-state index is 0.270. The van der Waals surface area contributed by atoms with E-state index in [1.165, 1.54) is 19.3 Å². The van der Waals surface area contributed by atoms with Crippen molar-refractivity contribution >= 4 is 34.9 Å². The van der Waals surface area contributed by atoms with Gasteiger partial charge in [-0.2, -0.15) is 4.98 Å². The predicted octanol–water partition coefficient (Wildman–Crippen LogP) is 3.89. The van der Waals surface area contributed by atoms with Crippen LogP contribution in [-0.2, 0) is 0 Å². The van der Waals surface area contributed by atoms with Gasteiger partial charge in [0, 0.05) is 24.2 Å². The predicted molar refractivity (Wildman–Crippen MR) is 107 cm³/mol. The maximum atomic E-state index is 12.2. The van der Waals surface area contributed by atoms with Crippen molar-refractivity contribution in [1.29, 1.82) is 0 Å². The van der Waals surface area contributed by atoms with Crippen molar-refractivity contribution in [3.8, 4) is 5.88 Å². The van der Waals surface area contributed by atoms with Gasteiger partial charge in [-0.15, -0.1) is 0 Å². The summed E-state index contributed by atoms with van der Waals surface area (Å²) in [6.07, 6.45) is 3.62. The number of rotatable bonds is 6. The molecule has 0 radical (unpaired) electrons. The monoisotopic (exact) mass is 408 g/mol. The minimum Gasteiger partial charge on any atom is -0.476 e. The summed E-state index contributed by atoms with van der Waals surface area (Å²) in [5.41, 5.74) is 0.381. The van der Waals surface area contributed by atoms with E-state index in [0.717, 1.165) is 18.9 Å². The number of benzene rings is 1. The van der Waals surface area contributed by atoms with Crippen molar-refractivity contribution in [2.75, 3.05) is 31.1 Å². The highest BCUT2D eigenvalue weighted by atomic mass is 35.5. The fraction of sp³-hybridized carbons (Fsp3) is 0.421. The number of aromatic nitrogens is 2. The van der Waals surface area contributed by atoms with Gasteiger partial charge >= 0.3 is 0 Å². The number of piperidine rings is 1. The lowest BCUT2D eigenvalue weighted by Gasteiger charge is -2.28. The lowest BCUT2D eigenvalue weighted by molar-refractivity contribution is 0.0946. The van der Waals surface area contributed by atoms with Crippen LogP contribution >= 0.6 is 23.2 Å². The normalized spacial score (nSPS) is 14.1. The highest BCUT2D eigenvalue weighted by molar-refractivity contribution is 6.36. The first-order valence-corrected chi connectivity index (χ1v) is 9.75. The topological polar surface area (TPSA) is 67.3 Å². The smallest absolute Gasteiger partial charge is 0.252 e. The number of hydrogen-bond donors (Lipinski definition) is 1. The van der Waals surface area contributed by atoms with Crippen LogP contribution in [0.1, 0.15) is 35.4 Å². The largest absolute Gasteiger partial charge is 0.476 e. The lowest BCUT2D eigenvalue weighted by Crippen LogP contribution is -2.30. The number of aryl methyl sites for hydroxylation is 1. The summed E-state index contributed by atoms with van der Waals surface area (Å²) >= 11 is 11.9. The number of nitrogens with one attached hydrogen (secondary N) is 1. The maximum Gasteiger partial charge on any atom is 0.252 e. The van der Waals surface area contributed by atoms with Crippen molar-refractivity contribution in [2.45, 2.75) is 26.2 Å². The molecule has 1 N–H and O–H groups in total. The molecule has 1 aromatic carbocycles. The van der Waals surface area contributed by atoms with Gasteiger partial charge < -0.3 is 15.0 Å². The molecule has 1 aliphatic rings. The highest BCUT2D eigenvalue weighted by Gasteiger charge is 2.14. The fourth-order valence-corrected chi connectivity index (χ4v) is 3.47. The van der Waals surface area contributed by atoms with E-state index in [2.05, 4.69) is 20.2 Å². The van der Waals surface area contributed by atoms with Crippen LogP contribution in [0, 0.1) is 6.92 Å². The Labute approximate surface area is 168 Å². The molecular formula is C19H22Cl2N4O2. The Morgan fingerprint density at radius 2 is 1.96 bits per heavy atom. The molecule has 1 aromatic heterocycles. The quantitative estimate of drug-likeness (QED) is 0.734. The summed E-state index contributed by atoms with van der Waals surface area (Å²) in [6.45, 7) is 4.50. The zero-order chi connectivity index (χ0) is 19.2. The second-order valence-electron chi connectivity index (χ2n) is 6.39. The van der Waals surface area contributed by atoms with Gasteiger partial charge in [0.1, 0.15) is 18.2 Å². The Morgan fingerprint density at radius 3 is 2.70 bits per heavy atom. The molecule has 0 bridgehead atoms. The van der Waals surface area contributed by atoms with Gasteiger partial charge in [-0.05, 0) is 44.4 Å². The van der Waals surface area contributed by atoms with Crippen LogP contribution in [0.25, 0.3) is 0 Å². The third-order valence-electron chi connectivity index (χ3n) is 4.29. The molecule has 2 heterocycles. The number of anilines is 1. The van der Waals surface area contributed by atoms with Crippen molar-refractivity contribution in [3.63, 3.8) is 0 Å². The minimum atomic E-state index is -0.270. The standard InChI is InChI=1S/C19H22Cl2N4O2/c1-13-23-17(25-8-3-2-4-9-25)12-18(24-13)27-10-7-22-19(26)15-6-5-14(20)11-16(15)21/h5-6,11-12H,2-4,7-10H2,1H3,(H,22,26). The number of ether oxygens (including phenoxy) is 1. The van der Waals surface area contributed by atoms with Gasteiger partial charge in [0.2, 0.25) is 5.88 Å². The Bertz CT molecular complexity index is 810. The SMILES string of the molecule is Cc1nc(OCCNC(=O)c2ccc(Cl)cc2Cl)cc(N2CCCCC2)n1. The van der Waals surface area contributed by atoms with Gasteiger partial charge in [-0.25, -0.2) is 4.98 Å². The Kier molecular flexibility index (Phi) is 6.74. The Morgan fingerprint density at radius 1 is 1.19 bits per heavy atom. The van der Waals surface area contributed by atoms with Crippen LogP contribution in [0.4, 0.5) is 5.82 Å². The summed E-state index contributed by atoms with van der Waals surface area (Å²) in [4.78, 5) is 23.3. The molecule has 27 heavy (non-hydrogen) atoms. The van der Waals surface area contributed by atoms with Gasteiger partial charge in [0.05, 0.1) is 17.1 Å². The van der Waals surface area contributed by atoms with Crippen LogP contribution in [0.3, 0.4) is 0 Å². The number of carbonyl (C=O) groups is 1. The first-order chi connectivity index (χ1) is 13.0. The molecule has 6 nitrogen and oxygen atoms in total. The van der Waals surface area contributed by atoms with Gasteiger partial charge in [0.25, 0.3) is 5.91 Å². The van der Waals surface area contributed by atoms with Crippen molar-refractivity contribution in [3.05, 3.63) is 45.7 Å². The Balaban J connectivity index is 1.52. The van der Waals surface area contributed by atoms with Gasteiger partial charge in [-0.1, -0.05) is 23.2 Å². The first kappa shape index (κ1) is 19.7. The Hall–Kier alpha value is -2.05. The van der Waals surface area contributed by atoms with E-state index in [1.54, 1.807) is 18.2 Å². The average molecular weight is 409 g/mol. The van der Waals surface area contributed by atoms with E-state index in [1.807, 2.05) is 13.0 Å². The van der Waals surface area contributed by atoms with Crippen LogP contribution in [0.15, 0.2) is 24.3 Å². The average Bonchev–Trinajstić information content (AvgIpc) is 2.65. The van der Waals surface area contributed by atoms with E-state index in [0.29, 0.717) is 40.5 Å². The van der Waals surface area contributed by atoms with Crippen LogP contribution in [0.2, 0.25) is 10.0 Å². The van der Waals surface area contributed by atoms with E-state index in [-0.39, 0.29) is 5.91 Å². The number of hydrogen-bond acceptors (Lipinski definition) is 5. The second kappa shape index (κ2) is 9.24. The molecule has 1 amide bonds. The molecule has 8 heteroatoms. The molecule has 0 aliphatic carbocycles. The summed E-state index contributed by atoms with van der Waals surface area (Å²) in [6, 6.07) is 6.63. The van der Waals surface area contributed by atoms with Crippen LogP contribution in [-0.4, -0.2) is 42.1 Å². The maximum absolute atomic E-state index is 12.2. The molecule has 2 aromatic rings. The number of amides is 1. The molecule has 0 saturated carbocycles. The van der Waals surface area contributed by atoms with Crippen molar-refractivity contribution < 1.29 is 9.53 Å². The molecule has 144 valence electrons. The summed E-state index contributed by atoms with van der Waals surface area (Å²) < 4.78 is 5.71. The third-order valence-corrected chi connectivity index (χ3v) is 4.84. The third kappa shape index (κ3) is 5.47. The number of halogens is 2. The molecule has 0 spiro atoms. The van der Waals surface area contributed by atoms with Crippen molar-refractivity contribution in [1.82, 2.24) is 15.3 Å². The molecule has 0 atom stereocenters. The van der Waals surface area contributed by atoms with Crippen molar-refractivity contribution in [2.24, 2.45) is 0 Å². The number of carbonyl (C=O) groups excluding carboxylic acids is 1. The summed E-state index contributed by atoms with van der Waals surface area (Å²) in [5.74, 6) is 1.81. The summed E-state index contributed by atoms with van der Waals surface area (Å²) in [7, 11) is 0. The molecule has 1 aliphatic heterocycles. The second-order valence-corrected chi connectivity index (χ2v) is 7.23. The summed E-state index contributed by atoms with van der Waals surface area (Å²) in [5, 5.41) is 3.58. The van der Waals surface area contributed by atoms with E-state index in [9.17, 15) is 4.79 Å². The zero-order valence-corrected chi connectivity index (χ0v) is 16.7. The molecule has 1 fully saturated rings. The van der Waals surface area contributed by atoms with E-state index in [4.69, 9.17) is 27.9 Å². The molecule has 1 saturated heterocycles. The van der Waals surface area contributed by atoms with E-state index < -0.39 is 0 Å². The number of nitrogens with zero attached hydrogens (tertiary/aromatic N) is 3. The van der Waals surface area contributed by atoms with Crippen LogP contribution in [0.5, 0.6) is 5.88 Å². The fourth-order valence-electron chi connectivity index (χ4n) is 2.97. The first-order valence-electron chi connectivity index (χ1n) is 8.99. The van der Waals surface area contributed by atoms with Gasteiger partial charge in [0.15, 0.2) is 0 Å². The highest BCUT2D eigenvalue weighted by Crippen LogP contribution is 2.22. The molecule has 3 rings (SSSR count). The van der Waals surface area contributed by atoms with Crippen LogP contribution < -0.4 is 15.0 Å². The zero-order valence-electron chi connectivity index (χ0n) is 15.2. The molecular weight excluding hydrogens is 387 g/mol. The molecule has 0 unspecified atom stereocenters. The van der Waals surface area contributed by atoms with Gasteiger partial charge in [-0.3, -0.25) is 4.79 Å². The van der Waals surface area contributed by atoms with E-state index >= 15 is 0 Å². The lowest BCUT2D eigenvalue weighted by atomic mass is 10.1.